The zero-order valence-corrected chi connectivity index (χ0v) is 19.8. The van der Waals surface area contributed by atoms with Crippen LogP contribution in [0.4, 0.5) is 0 Å². The van der Waals surface area contributed by atoms with Crippen molar-refractivity contribution in [3.8, 4) is 0 Å². The minimum atomic E-state index is -0.285. The first kappa shape index (κ1) is 24.9. The molecule has 0 spiro atoms. The van der Waals surface area contributed by atoms with Gasteiger partial charge in [-0.25, -0.2) is 0 Å². The minimum Gasteiger partial charge on any atom is -0.388 e. The Labute approximate surface area is 185 Å². The molecule has 4 atom stereocenters. The average molecular weight is 416 g/mol. The Hall–Kier alpha value is -1.35. The summed E-state index contributed by atoms with van der Waals surface area (Å²) in [5.41, 5.74) is 3.88. The number of rotatable bonds is 6. The van der Waals surface area contributed by atoms with Gasteiger partial charge in [0.1, 0.15) is 0 Å². The van der Waals surface area contributed by atoms with Crippen molar-refractivity contribution in [3.05, 3.63) is 34.9 Å². The molecule has 4 unspecified atom stereocenters. The van der Waals surface area contributed by atoms with E-state index >= 15 is 0 Å². The molecule has 1 amide bonds. The normalized spacial score (nSPS) is 27.5. The van der Waals surface area contributed by atoms with Crippen LogP contribution in [0.3, 0.4) is 0 Å². The van der Waals surface area contributed by atoms with E-state index in [4.69, 9.17) is 0 Å². The van der Waals surface area contributed by atoms with Gasteiger partial charge in [0.2, 0.25) is 6.41 Å². The largest absolute Gasteiger partial charge is 0.388 e. The van der Waals surface area contributed by atoms with Crippen molar-refractivity contribution in [2.75, 3.05) is 0 Å². The number of aliphatic hydroxyl groups is 1. The molecule has 0 aliphatic heterocycles. The third kappa shape index (κ3) is 6.83. The van der Waals surface area contributed by atoms with Crippen molar-refractivity contribution in [1.82, 2.24) is 5.32 Å². The Morgan fingerprint density at radius 2 is 1.87 bits per heavy atom. The van der Waals surface area contributed by atoms with Gasteiger partial charge in [-0.1, -0.05) is 78.0 Å². The summed E-state index contributed by atoms with van der Waals surface area (Å²) in [6.07, 6.45) is 14.0. The summed E-state index contributed by atoms with van der Waals surface area (Å²) in [5.74, 6) is 2.05. The third-order valence-corrected chi connectivity index (χ3v) is 7.25. The van der Waals surface area contributed by atoms with E-state index < -0.39 is 0 Å². The maximum atomic E-state index is 10.7. The van der Waals surface area contributed by atoms with Crippen molar-refractivity contribution in [3.63, 3.8) is 0 Å². The van der Waals surface area contributed by atoms with E-state index in [-0.39, 0.29) is 6.10 Å². The van der Waals surface area contributed by atoms with Crippen LogP contribution in [0.2, 0.25) is 0 Å². The first-order valence-corrected chi connectivity index (χ1v) is 12.6. The van der Waals surface area contributed by atoms with E-state index in [9.17, 15) is 9.90 Å². The molecular formula is C27H45NO2. The van der Waals surface area contributed by atoms with E-state index in [1.54, 1.807) is 0 Å². The molecule has 3 aliphatic carbocycles. The van der Waals surface area contributed by atoms with Crippen LogP contribution in [0.1, 0.15) is 121 Å². The fraction of sp³-hybridized carbons (Fsp3) is 0.741. The second kappa shape index (κ2) is 13.1. The molecule has 2 N–H and O–H groups in total. The standard InChI is InChI=1S/C20H29NO2.C5H10.C2H6/c1-2-3-4-14-5-6-17-11-15(8-10-19(17)20(14)23)16-7-9-18(12-16)21-13-22;1-5-3-2-4-5;1-2/h8,10-11,13-14,16,18,20,23H,2-7,9,12H2,1H3,(H,21,22);5H,2-4H2,1H3;1-2H3. The third-order valence-electron chi connectivity index (χ3n) is 7.25. The molecule has 2 fully saturated rings. The lowest BCUT2D eigenvalue weighted by Crippen LogP contribution is -2.24. The lowest BCUT2D eigenvalue weighted by Gasteiger charge is -2.31. The summed E-state index contributed by atoms with van der Waals surface area (Å²) in [7, 11) is 0. The zero-order chi connectivity index (χ0) is 21.9. The summed E-state index contributed by atoms with van der Waals surface area (Å²) >= 11 is 0. The van der Waals surface area contributed by atoms with Crippen molar-refractivity contribution < 1.29 is 9.90 Å². The van der Waals surface area contributed by atoms with Crippen molar-refractivity contribution in [2.24, 2.45) is 11.8 Å². The fourth-order valence-corrected chi connectivity index (χ4v) is 5.05. The Morgan fingerprint density at radius 3 is 2.47 bits per heavy atom. The summed E-state index contributed by atoms with van der Waals surface area (Å²) in [6.45, 7) is 8.52. The van der Waals surface area contributed by atoms with Crippen LogP contribution in [0.15, 0.2) is 18.2 Å². The highest BCUT2D eigenvalue weighted by atomic mass is 16.3. The van der Waals surface area contributed by atoms with Crippen molar-refractivity contribution in [2.45, 2.75) is 116 Å². The van der Waals surface area contributed by atoms with Crippen LogP contribution < -0.4 is 5.32 Å². The Kier molecular flexibility index (Phi) is 10.9. The number of aliphatic hydroxyl groups excluding tert-OH is 1. The highest BCUT2D eigenvalue weighted by Gasteiger charge is 2.30. The molecule has 1 aromatic rings. The predicted octanol–water partition coefficient (Wildman–Crippen LogP) is 6.69. The zero-order valence-electron chi connectivity index (χ0n) is 19.8. The molecule has 0 bridgehead atoms. The number of carbonyl (C=O) groups excluding carboxylic acids is 1. The second-order valence-electron chi connectivity index (χ2n) is 9.37. The van der Waals surface area contributed by atoms with Crippen LogP contribution >= 0.6 is 0 Å². The minimum absolute atomic E-state index is 0.285. The van der Waals surface area contributed by atoms with Gasteiger partial charge in [0.15, 0.2) is 0 Å². The molecule has 3 nitrogen and oxygen atoms in total. The van der Waals surface area contributed by atoms with Gasteiger partial charge in [-0.3, -0.25) is 4.79 Å². The SMILES string of the molecule is CC.CC1CCC1.CCCCC1CCc2cc(C3CCC(NC=O)C3)ccc2C1O. The van der Waals surface area contributed by atoms with Gasteiger partial charge in [0, 0.05) is 6.04 Å². The van der Waals surface area contributed by atoms with Crippen LogP contribution in [0, 0.1) is 11.8 Å². The topological polar surface area (TPSA) is 49.3 Å². The van der Waals surface area contributed by atoms with Crippen LogP contribution in [-0.2, 0) is 11.2 Å². The van der Waals surface area contributed by atoms with Crippen molar-refractivity contribution in [1.29, 1.82) is 0 Å². The monoisotopic (exact) mass is 415 g/mol. The number of benzene rings is 1. The highest BCUT2D eigenvalue weighted by Crippen LogP contribution is 2.40. The quantitative estimate of drug-likeness (QED) is 0.509. The number of aryl methyl sites for hydroxylation is 1. The molecule has 4 rings (SSSR count). The lowest BCUT2D eigenvalue weighted by molar-refractivity contribution is -0.110. The number of amides is 1. The molecule has 1 aromatic carbocycles. The molecule has 30 heavy (non-hydrogen) atoms. The number of nitrogens with one attached hydrogen (secondary N) is 1. The Morgan fingerprint density at radius 1 is 1.13 bits per heavy atom. The van der Waals surface area contributed by atoms with E-state index in [0.717, 1.165) is 56.4 Å². The van der Waals surface area contributed by atoms with Crippen LogP contribution in [-0.4, -0.2) is 17.6 Å². The molecule has 0 radical (unpaired) electrons. The maximum Gasteiger partial charge on any atom is 0.207 e. The van der Waals surface area contributed by atoms with E-state index in [2.05, 4.69) is 37.4 Å². The summed E-state index contributed by atoms with van der Waals surface area (Å²) < 4.78 is 0. The number of hydrogen-bond donors (Lipinski definition) is 2. The second-order valence-corrected chi connectivity index (χ2v) is 9.37. The van der Waals surface area contributed by atoms with Gasteiger partial charge >= 0.3 is 0 Å². The van der Waals surface area contributed by atoms with Crippen LogP contribution in [0.25, 0.3) is 0 Å². The molecular weight excluding hydrogens is 370 g/mol. The average Bonchev–Trinajstić information content (AvgIpc) is 3.22. The van der Waals surface area contributed by atoms with Gasteiger partial charge in [-0.15, -0.1) is 0 Å². The lowest BCUT2D eigenvalue weighted by atomic mass is 9.78. The molecule has 0 aromatic heterocycles. The fourth-order valence-electron chi connectivity index (χ4n) is 5.05. The Balaban J connectivity index is 0.000000393. The molecule has 0 heterocycles. The number of unbranched alkanes of at least 4 members (excludes halogenated alkanes) is 1. The van der Waals surface area contributed by atoms with Gasteiger partial charge in [0.25, 0.3) is 0 Å². The van der Waals surface area contributed by atoms with Crippen LogP contribution in [0.5, 0.6) is 0 Å². The summed E-state index contributed by atoms with van der Waals surface area (Å²) in [4.78, 5) is 10.6. The first-order chi connectivity index (χ1) is 14.6. The van der Waals surface area contributed by atoms with Crippen molar-refractivity contribution >= 4 is 6.41 Å². The molecule has 3 heteroatoms. The number of carbonyl (C=O) groups is 1. The van der Waals surface area contributed by atoms with Gasteiger partial charge in [-0.2, -0.15) is 0 Å². The van der Waals surface area contributed by atoms with E-state index in [1.807, 2.05) is 13.8 Å². The smallest absolute Gasteiger partial charge is 0.207 e. The molecule has 3 aliphatic rings. The van der Waals surface area contributed by atoms with Gasteiger partial charge in [-0.05, 0) is 73.0 Å². The Bertz CT molecular complexity index is 625. The van der Waals surface area contributed by atoms with E-state index in [1.165, 1.54) is 43.2 Å². The molecule has 0 saturated heterocycles. The molecule has 170 valence electrons. The predicted molar refractivity (Wildman–Crippen MR) is 127 cm³/mol. The number of fused-ring (bicyclic) bond motifs is 1. The summed E-state index contributed by atoms with van der Waals surface area (Å²) in [6, 6.07) is 7.02. The summed E-state index contributed by atoms with van der Waals surface area (Å²) in [5, 5.41) is 13.6. The van der Waals surface area contributed by atoms with Gasteiger partial charge in [0.05, 0.1) is 6.10 Å². The number of hydrogen-bond acceptors (Lipinski definition) is 2. The maximum absolute atomic E-state index is 10.7. The molecule has 2 saturated carbocycles. The van der Waals surface area contributed by atoms with E-state index in [0.29, 0.717) is 17.9 Å². The first-order valence-electron chi connectivity index (χ1n) is 12.6. The highest BCUT2D eigenvalue weighted by molar-refractivity contribution is 5.47. The van der Waals surface area contributed by atoms with Gasteiger partial charge < -0.3 is 10.4 Å².